The normalized spacial score (nSPS) is 25.2. The molecule has 1 aliphatic rings. The van der Waals surface area contributed by atoms with E-state index in [4.69, 9.17) is 0 Å². The van der Waals surface area contributed by atoms with Gasteiger partial charge >= 0.3 is 0 Å². The van der Waals surface area contributed by atoms with Crippen LogP contribution < -0.4 is 0 Å². The van der Waals surface area contributed by atoms with E-state index in [0.717, 1.165) is 12.1 Å². The first kappa shape index (κ1) is 10.7. The predicted molar refractivity (Wildman–Crippen MR) is 56.1 cm³/mol. The molecule has 4 heteroatoms. The fraction of sp³-hybridized carbons (Fsp3) is 0.364. The SMILES string of the molecule is CC1CC(=O)c2cc(F)c(F)cc2C1Br. The molecule has 1 aromatic carbocycles. The summed E-state index contributed by atoms with van der Waals surface area (Å²) in [6.45, 7) is 1.90. The standard InChI is InChI=1S/C11H9BrF2O/c1-5-2-10(15)6-3-8(13)9(14)4-7(6)11(5)12/h3-5,11H,2H2,1H3. The van der Waals surface area contributed by atoms with Crippen LogP contribution in [0.2, 0.25) is 0 Å². The number of hydrogen-bond donors (Lipinski definition) is 0. The summed E-state index contributed by atoms with van der Waals surface area (Å²) in [5.74, 6) is -1.88. The second-order valence-corrected chi connectivity index (χ2v) is 4.85. The molecule has 2 unspecified atom stereocenters. The zero-order chi connectivity index (χ0) is 11.2. The highest BCUT2D eigenvalue weighted by Crippen LogP contribution is 2.40. The van der Waals surface area contributed by atoms with Gasteiger partial charge in [0.2, 0.25) is 0 Å². The molecular weight excluding hydrogens is 266 g/mol. The largest absolute Gasteiger partial charge is 0.294 e. The van der Waals surface area contributed by atoms with Crippen LogP contribution in [-0.4, -0.2) is 5.78 Å². The average Bonchev–Trinajstić information content (AvgIpc) is 2.18. The molecule has 0 aliphatic heterocycles. The molecule has 80 valence electrons. The van der Waals surface area contributed by atoms with Crippen LogP contribution in [-0.2, 0) is 0 Å². The third kappa shape index (κ3) is 1.71. The zero-order valence-corrected chi connectivity index (χ0v) is 9.64. The molecule has 1 nitrogen and oxygen atoms in total. The van der Waals surface area contributed by atoms with Crippen molar-refractivity contribution in [3.8, 4) is 0 Å². The second-order valence-electron chi connectivity index (χ2n) is 3.86. The Balaban J connectivity index is 2.61. The van der Waals surface area contributed by atoms with Gasteiger partial charge in [-0.05, 0) is 23.6 Å². The summed E-state index contributed by atoms with van der Waals surface area (Å²) < 4.78 is 26.0. The van der Waals surface area contributed by atoms with Crippen LogP contribution in [0.15, 0.2) is 12.1 Å². The van der Waals surface area contributed by atoms with Crippen molar-refractivity contribution >= 4 is 21.7 Å². The number of carbonyl (C=O) groups excluding carboxylic acids is 1. The van der Waals surface area contributed by atoms with Gasteiger partial charge in [0.1, 0.15) is 0 Å². The summed E-state index contributed by atoms with van der Waals surface area (Å²) >= 11 is 3.40. The third-order valence-corrected chi connectivity index (χ3v) is 4.09. The molecule has 15 heavy (non-hydrogen) atoms. The van der Waals surface area contributed by atoms with Crippen molar-refractivity contribution < 1.29 is 13.6 Å². The molecule has 0 radical (unpaired) electrons. The van der Waals surface area contributed by atoms with Crippen LogP contribution in [0, 0.1) is 17.6 Å². The molecule has 1 aliphatic carbocycles. The van der Waals surface area contributed by atoms with Crippen LogP contribution in [0.4, 0.5) is 8.78 Å². The van der Waals surface area contributed by atoms with E-state index >= 15 is 0 Å². The lowest BCUT2D eigenvalue weighted by atomic mass is 9.84. The molecule has 0 aromatic heterocycles. The van der Waals surface area contributed by atoms with E-state index in [1.54, 1.807) is 0 Å². The third-order valence-electron chi connectivity index (χ3n) is 2.70. The monoisotopic (exact) mass is 274 g/mol. The van der Waals surface area contributed by atoms with Gasteiger partial charge in [-0.2, -0.15) is 0 Å². The first-order chi connectivity index (χ1) is 7.00. The van der Waals surface area contributed by atoms with Gasteiger partial charge in [-0.15, -0.1) is 0 Å². The van der Waals surface area contributed by atoms with E-state index in [1.165, 1.54) is 0 Å². The lowest BCUT2D eigenvalue weighted by Gasteiger charge is -2.26. The maximum absolute atomic E-state index is 13.0. The van der Waals surface area contributed by atoms with E-state index < -0.39 is 11.6 Å². The first-order valence-corrected chi connectivity index (χ1v) is 5.58. The lowest BCUT2D eigenvalue weighted by molar-refractivity contribution is 0.0952. The molecule has 0 amide bonds. The van der Waals surface area contributed by atoms with Gasteiger partial charge in [0.25, 0.3) is 0 Å². The smallest absolute Gasteiger partial charge is 0.163 e. The van der Waals surface area contributed by atoms with Gasteiger partial charge in [0.05, 0.1) is 0 Å². The van der Waals surface area contributed by atoms with Gasteiger partial charge < -0.3 is 0 Å². The molecule has 0 saturated carbocycles. The Labute approximate surface area is 94.6 Å². The van der Waals surface area contributed by atoms with Crippen LogP contribution in [0.25, 0.3) is 0 Å². The van der Waals surface area contributed by atoms with E-state index in [0.29, 0.717) is 17.5 Å². The number of benzene rings is 1. The zero-order valence-electron chi connectivity index (χ0n) is 8.06. The molecule has 0 N–H and O–H groups in total. The first-order valence-electron chi connectivity index (χ1n) is 4.67. The molecule has 0 fully saturated rings. The Bertz CT molecular complexity index is 431. The van der Waals surface area contributed by atoms with Gasteiger partial charge in [-0.25, -0.2) is 8.78 Å². The van der Waals surface area contributed by atoms with Crippen molar-refractivity contribution in [3.05, 3.63) is 34.9 Å². The topological polar surface area (TPSA) is 17.1 Å². The number of ketones is 1. The molecule has 2 atom stereocenters. The summed E-state index contributed by atoms with van der Waals surface area (Å²) in [5.41, 5.74) is 0.853. The van der Waals surface area contributed by atoms with Crippen molar-refractivity contribution in [2.45, 2.75) is 18.2 Å². The fourth-order valence-corrected chi connectivity index (χ4v) is 2.41. The van der Waals surface area contributed by atoms with Crippen molar-refractivity contribution in [2.75, 3.05) is 0 Å². The summed E-state index contributed by atoms with van der Waals surface area (Å²) in [6, 6.07) is 2.10. The van der Waals surface area contributed by atoms with Crippen LogP contribution in [0.5, 0.6) is 0 Å². The second kappa shape index (κ2) is 3.67. The van der Waals surface area contributed by atoms with Crippen LogP contribution in [0.3, 0.4) is 0 Å². The number of rotatable bonds is 0. The Morgan fingerprint density at radius 2 is 1.93 bits per heavy atom. The molecule has 0 heterocycles. The number of halogens is 3. The summed E-state index contributed by atoms with van der Waals surface area (Å²) in [5, 5.41) is 0. The summed E-state index contributed by atoms with van der Waals surface area (Å²) in [7, 11) is 0. The molecule has 0 saturated heterocycles. The van der Waals surface area contributed by atoms with Crippen LogP contribution in [0.1, 0.15) is 34.1 Å². The minimum Gasteiger partial charge on any atom is -0.294 e. The highest BCUT2D eigenvalue weighted by atomic mass is 79.9. The Morgan fingerprint density at radius 3 is 2.60 bits per heavy atom. The van der Waals surface area contributed by atoms with E-state index in [-0.39, 0.29) is 16.5 Å². The Hall–Kier alpha value is -0.770. The summed E-state index contributed by atoms with van der Waals surface area (Å²) in [4.78, 5) is 11.5. The van der Waals surface area contributed by atoms with Crippen LogP contribution >= 0.6 is 15.9 Å². The Morgan fingerprint density at radius 1 is 1.33 bits per heavy atom. The van der Waals surface area contributed by atoms with Crippen molar-refractivity contribution in [3.63, 3.8) is 0 Å². The van der Waals surface area contributed by atoms with Gasteiger partial charge in [-0.1, -0.05) is 22.9 Å². The van der Waals surface area contributed by atoms with Crippen molar-refractivity contribution in [1.29, 1.82) is 0 Å². The van der Waals surface area contributed by atoms with E-state index in [1.807, 2.05) is 6.92 Å². The number of hydrogen-bond acceptors (Lipinski definition) is 1. The quantitative estimate of drug-likeness (QED) is 0.661. The van der Waals surface area contributed by atoms with Gasteiger partial charge in [-0.3, -0.25) is 4.79 Å². The maximum Gasteiger partial charge on any atom is 0.163 e. The van der Waals surface area contributed by atoms with Gasteiger partial charge in [0, 0.05) is 16.8 Å². The fourth-order valence-electron chi connectivity index (χ4n) is 1.84. The highest BCUT2D eigenvalue weighted by molar-refractivity contribution is 9.09. The van der Waals surface area contributed by atoms with E-state index in [2.05, 4.69) is 15.9 Å². The van der Waals surface area contributed by atoms with Crippen molar-refractivity contribution in [1.82, 2.24) is 0 Å². The summed E-state index contributed by atoms with van der Waals surface area (Å²) in [6.07, 6.45) is 0.369. The number of carbonyl (C=O) groups is 1. The predicted octanol–water partition coefficient (Wildman–Crippen LogP) is 3.62. The average molecular weight is 275 g/mol. The minimum absolute atomic E-state index is 0.0831. The molecule has 0 spiro atoms. The molecule has 2 rings (SSSR count). The highest BCUT2D eigenvalue weighted by Gasteiger charge is 2.30. The maximum atomic E-state index is 13.0. The number of fused-ring (bicyclic) bond motifs is 1. The minimum atomic E-state index is -0.962. The molecule has 0 bridgehead atoms. The van der Waals surface area contributed by atoms with E-state index in [9.17, 15) is 13.6 Å². The van der Waals surface area contributed by atoms with Crippen molar-refractivity contribution in [2.24, 2.45) is 5.92 Å². The lowest BCUT2D eigenvalue weighted by Crippen LogP contribution is -2.20. The number of Topliss-reactive ketones (excluding diaryl/α,β-unsaturated/α-hetero) is 1. The number of alkyl halides is 1. The van der Waals surface area contributed by atoms with Gasteiger partial charge in [0.15, 0.2) is 17.4 Å². The molecule has 1 aromatic rings. The molecular formula is C11H9BrF2O. The Kier molecular flexibility index (Phi) is 2.63.